The number of hydrogen-bond donors (Lipinski definition) is 1. The van der Waals surface area contributed by atoms with Gasteiger partial charge in [0.2, 0.25) is 0 Å². The van der Waals surface area contributed by atoms with Crippen molar-refractivity contribution in [3.05, 3.63) is 23.3 Å². The van der Waals surface area contributed by atoms with Crippen molar-refractivity contribution >= 4 is 5.97 Å². The fourth-order valence-corrected chi connectivity index (χ4v) is 1.17. The minimum Gasteiger partial charge on any atom is -0.466 e. The Hall–Kier alpha value is -1.09. The van der Waals surface area contributed by atoms with Crippen LogP contribution in [0.4, 0.5) is 0 Å². The molecule has 3 nitrogen and oxygen atoms in total. The van der Waals surface area contributed by atoms with E-state index in [1.807, 2.05) is 6.08 Å². The first kappa shape index (κ1) is 9.00. The Balaban J connectivity index is 2.44. The van der Waals surface area contributed by atoms with Crippen LogP contribution in [0.2, 0.25) is 0 Å². The van der Waals surface area contributed by atoms with E-state index < -0.39 is 0 Å². The third kappa shape index (κ3) is 1.95. The molecule has 0 bridgehead atoms. The van der Waals surface area contributed by atoms with Gasteiger partial charge in [0.1, 0.15) is 0 Å². The summed E-state index contributed by atoms with van der Waals surface area (Å²) < 4.78 is 4.56. The van der Waals surface area contributed by atoms with Gasteiger partial charge in [-0.1, -0.05) is 17.7 Å². The lowest BCUT2D eigenvalue weighted by Crippen LogP contribution is -2.03. The summed E-state index contributed by atoms with van der Waals surface area (Å²) in [5.41, 5.74) is 1.75. The molecule has 0 fully saturated rings. The van der Waals surface area contributed by atoms with Crippen LogP contribution in [0.15, 0.2) is 23.3 Å². The Bertz CT molecular complexity index is 238. The lowest BCUT2D eigenvalue weighted by Gasteiger charge is -2.01. The number of allylic oxidation sites excluding steroid dienone is 2. The van der Waals surface area contributed by atoms with Crippen molar-refractivity contribution in [2.24, 2.45) is 0 Å². The molecule has 3 heteroatoms. The molecule has 1 rings (SSSR count). The Labute approximate surface area is 71.3 Å². The van der Waals surface area contributed by atoms with Gasteiger partial charge in [0, 0.05) is 18.6 Å². The third-order valence-corrected chi connectivity index (χ3v) is 1.82. The van der Waals surface area contributed by atoms with Crippen molar-refractivity contribution in [3.63, 3.8) is 0 Å². The Morgan fingerprint density at radius 3 is 3.00 bits per heavy atom. The largest absolute Gasteiger partial charge is 0.466 e. The number of ether oxygens (including phenoxy) is 1. The highest BCUT2D eigenvalue weighted by Crippen LogP contribution is 2.21. The van der Waals surface area contributed by atoms with Crippen LogP contribution in [0.5, 0.6) is 0 Å². The second kappa shape index (κ2) is 4.07. The van der Waals surface area contributed by atoms with Crippen LogP contribution in [-0.4, -0.2) is 24.8 Å². The van der Waals surface area contributed by atoms with E-state index in [0.717, 1.165) is 5.57 Å². The Kier molecular flexibility index (Phi) is 3.05. The summed E-state index contributed by atoms with van der Waals surface area (Å²) in [6.45, 7) is 0.133. The zero-order chi connectivity index (χ0) is 8.97. The second-order valence-corrected chi connectivity index (χ2v) is 2.66. The topological polar surface area (TPSA) is 46.5 Å². The molecule has 0 unspecified atom stereocenters. The van der Waals surface area contributed by atoms with Crippen LogP contribution in [-0.2, 0) is 9.53 Å². The minimum atomic E-state index is -0.279. The first-order valence-electron chi connectivity index (χ1n) is 3.85. The van der Waals surface area contributed by atoms with Gasteiger partial charge in [-0.2, -0.15) is 0 Å². The van der Waals surface area contributed by atoms with Crippen molar-refractivity contribution in [2.75, 3.05) is 13.7 Å². The van der Waals surface area contributed by atoms with Gasteiger partial charge in [0.05, 0.1) is 7.11 Å². The van der Waals surface area contributed by atoms with Gasteiger partial charge in [-0.3, -0.25) is 0 Å². The second-order valence-electron chi connectivity index (χ2n) is 2.66. The Morgan fingerprint density at radius 1 is 1.67 bits per heavy atom. The van der Waals surface area contributed by atoms with Crippen LogP contribution >= 0.6 is 0 Å². The SMILES string of the molecule is COC(=O)C1=CC=C(CCO)C1. The fourth-order valence-electron chi connectivity index (χ4n) is 1.17. The van der Waals surface area contributed by atoms with Crippen molar-refractivity contribution in [1.29, 1.82) is 0 Å². The number of rotatable bonds is 3. The third-order valence-electron chi connectivity index (χ3n) is 1.82. The molecule has 0 aromatic carbocycles. The van der Waals surface area contributed by atoms with Crippen LogP contribution in [0, 0.1) is 0 Å². The van der Waals surface area contributed by atoms with E-state index in [-0.39, 0.29) is 12.6 Å². The van der Waals surface area contributed by atoms with Crippen molar-refractivity contribution in [2.45, 2.75) is 12.8 Å². The number of methoxy groups -OCH3 is 1. The van der Waals surface area contributed by atoms with E-state index in [9.17, 15) is 4.79 Å². The summed E-state index contributed by atoms with van der Waals surface area (Å²) in [6.07, 6.45) is 4.86. The number of carbonyl (C=O) groups excluding carboxylic acids is 1. The zero-order valence-corrected chi connectivity index (χ0v) is 7.04. The lowest BCUT2D eigenvalue weighted by atomic mass is 10.1. The van der Waals surface area contributed by atoms with Gasteiger partial charge < -0.3 is 9.84 Å². The van der Waals surface area contributed by atoms with Gasteiger partial charge in [-0.25, -0.2) is 4.79 Å². The zero-order valence-electron chi connectivity index (χ0n) is 7.04. The fraction of sp³-hybridized carbons (Fsp3) is 0.444. The van der Waals surface area contributed by atoms with Crippen molar-refractivity contribution < 1.29 is 14.6 Å². The van der Waals surface area contributed by atoms with Crippen molar-refractivity contribution in [1.82, 2.24) is 0 Å². The first-order valence-corrected chi connectivity index (χ1v) is 3.85. The van der Waals surface area contributed by atoms with Crippen molar-refractivity contribution in [3.8, 4) is 0 Å². The predicted molar refractivity (Wildman–Crippen MR) is 44.5 cm³/mol. The molecule has 0 saturated carbocycles. The minimum absolute atomic E-state index is 0.133. The monoisotopic (exact) mass is 168 g/mol. The molecule has 0 spiro atoms. The molecule has 1 aliphatic carbocycles. The smallest absolute Gasteiger partial charge is 0.334 e. The molecule has 0 amide bonds. The quantitative estimate of drug-likeness (QED) is 0.634. The highest BCUT2D eigenvalue weighted by molar-refractivity contribution is 5.90. The number of aliphatic hydroxyl groups excluding tert-OH is 1. The van der Waals surface area contributed by atoms with Gasteiger partial charge in [-0.15, -0.1) is 0 Å². The van der Waals surface area contributed by atoms with Gasteiger partial charge in [-0.05, 0) is 6.42 Å². The van der Waals surface area contributed by atoms with Crippen LogP contribution in [0.3, 0.4) is 0 Å². The predicted octanol–water partition coefficient (Wildman–Crippen LogP) is 0.798. The van der Waals surface area contributed by atoms with E-state index in [2.05, 4.69) is 4.74 Å². The summed E-state index contributed by atoms with van der Waals surface area (Å²) in [5.74, 6) is -0.279. The van der Waals surface area contributed by atoms with Gasteiger partial charge in [0.25, 0.3) is 0 Å². The molecule has 0 aromatic heterocycles. The van der Waals surface area contributed by atoms with Gasteiger partial charge in [0.15, 0.2) is 0 Å². The number of aliphatic hydroxyl groups is 1. The summed E-state index contributed by atoms with van der Waals surface area (Å²) in [5, 5.41) is 8.63. The van der Waals surface area contributed by atoms with E-state index >= 15 is 0 Å². The molecule has 66 valence electrons. The summed E-state index contributed by atoms with van der Waals surface area (Å²) in [6, 6.07) is 0. The van der Waals surface area contributed by atoms with E-state index in [4.69, 9.17) is 5.11 Å². The maximum absolute atomic E-state index is 11.0. The number of esters is 1. The first-order chi connectivity index (χ1) is 5.77. The number of carbonyl (C=O) groups is 1. The van der Waals surface area contributed by atoms with E-state index in [1.54, 1.807) is 6.08 Å². The molecule has 0 saturated heterocycles. The van der Waals surface area contributed by atoms with Gasteiger partial charge >= 0.3 is 5.97 Å². The molecule has 1 N–H and O–H groups in total. The highest BCUT2D eigenvalue weighted by Gasteiger charge is 2.14. The van der Waals surface area contributed by atoms with Crippen LogP contribution < -0.4 is 0 Å². The molecular weight excluding hydrogens is 156 g/mol. The summed E-state index contributed by atoms with van der Waals surface area (Å²) in [7, 11) is 1.37. The average Bonchev–Trinajstić information content (AvgIpc) is 2.52. The summed E-state index contributed by atoms with van der Waals surface area (Å²) >= 11 is 0. The average molecular weight is 168 g/mol. The van der Waals surface area contributed by atoms with E-state index in [1.165, 1.54) is 7.11 Å². The molecule has 0 aliphatic heterocycles. The molecule has 12 heavy (non-hydrogen) atoms. The molecule has 1 aliphatic rings. The maximum Gasteiger partial charge on any atom is 0.334 e. The number of hydrogen-bond acceptors (Lipinski definition) is 3. The molecule has 0 atom stereocenters. The highest BCUT2D eigenvalue weighted by atomic mass is 16.5. The normalized spacial score (nSPS) is 15.5. The van der Waals surface area contributed by atoms with Crippen LogP contribution in [0.25, 0.3) is 0 Å². The standard InChI is InChI=1S/C9H12O3/c1-12-9(11)8-3-2-7(6-8)4-5-10/h2-3,10H,4-6H2,1H3. The molecule has 0 heterocycles. The Morgan fingerprint density at radius 2 is 2.42 bits per heavy atom. The molecule has 0 aromatic rings. The van der Waals surface area contributed by atoms with Crippen LogP contribution in [0.1, 0.15) is 12.8 Å². The molecular formula is C9H12O3. The maximum atomic E-state index is 11.0. The molecule has 0 radical (unpaired) electrons. The summed E-state index contributed by atoms with van der Waals surface area (Å²) in [4.78, 5) is 11.0. The lowest BCUT2D eigenvalue weighted by molar-refractivity contribution is -0.136. The van der Waals surface area contributed by atoms with E-state index in [0.29, 0.717) is 18.4 Å².